The minimum atomic E-state index is -0.101. The molecule has 25 heavy (non-hydrogen) atoms. The molecule has 1 atom stereocenters. The van der Waals surface area contributed by atoms with Crippen molar-refractivity contribution in [3.63, 3.8) is 0 Å². The fourth-order valence-corrected chi connectivity index (χ4v) is 2.79. The van der Waals surface area contributed by atoms with Crippen molar-refractivity contribution in [1.82, 2.24) is 14.3 Å². The van der Waals surface area contributed by atoms with E-state index < -0.39 is 0 Å². The lowest BCUT2D eigenvalue weighted by Gasteiger charge is -2.25. The van der Waals surface area contributed by atoms with Crippen LogP contribution in [0.1, 0.15) is 11.6 Å². The molecule has 2 aromatic heterocycles. The Morgan fingerprint density at radius 3 is 2.80 bits per heavy atom. The van der Waals surface area contributed by atoms with Crippen LogP contribution >= 0.6 is 0 Å². The van der Waals surface area contributed by atoms with Gasteiger partial charge in [0.1, 0.15) is 17.2 Å². The fourth-order valence-electron chi connectivity index (χ4n) is 2.79. The van der Waals surface area contributed by atoms with Gasteiger partial charge in [-0.2, -0.15) is 0 Å². The molecule has 0 aliphatic heterocycles. The van der Waals surface area contributed by atoms with Gasteiger partial charge in [-0.15, -0.1) is 0 Å². The third-order valence-electron chi connectivity index (χ3n) is 4.15. The lowest BCUT2D eigenvalue weighted by molar-refractivity contribution is 0.310. The van der Waals surface area contributed by atoms with E-state index in [2.05, 4.69) is 21.3 Å². The van der Waals surface area contributed by atoms with Crippen molar-refractivity contribution in [3.8, 4) is 5.75 Å². The molecular weight excluding hydrogens is 316 g/mol. The monoisotopic (exact) mass is 338 g/mol. The second-order valence-electron chi connectivity index (χ2n) is 6.05. The van der Waals surface area contributed by atoms with Crippen molar-refractivity contribution < 1.29 is 4.74 Å². The van der Waals surface area contributed by atoms with Crippen LogP contribution in [0.4, 0.5) is 5.82 Å². The van der Waals surface area contributed by atoms with Gasteiger partial charge in [0.15, 0.2) is 0 Å². The average Bonchev–Trinajstić information content (AvgIpc) is 2.62. The van der Waals surface area contributed by atoms with Gasteiger partial charge in [0.05, 0.1) is 13.2 Å². The van der Waals surface area contributed by atoms with Gasteiger partial charge < -0.3 is 15.0 Å². The van der Waals surface area contributed by atoms with Crippen molar-refractivity contribution >= 4 is 11.5 Å². The predicted octanol–water partition coefficient (Wildman–Crippen LogP) is 2.42. The van der Waals surface area contributed by atoms with E-state index in [0.29, 0.717) is 18.0 Å². The van der Waals surface area contributed by atoms with E-state index in [0.717, 1.165) is 11.3 Å². The van der Waals surface area contributed by atoms with Crippen LogP contribution in [0, 0.1) is 0 Å². The van der Waals surface area contributed by atoms with E-state index in [1.807, 2.05) is 50.5 Å². The number of aromatic nitrogens is 2. The number of anilines is 1. The summed E-state index contributed by atoms with van der Waals surface area (Å²) in [5.41, 5.74) is 1.66. The molecule has 1 unspecified atom stereocenters. The number of ether oxygens (including phenoxy) is 1. The lowest BCUT2D eigenvalue weighted by Crippen LogP contribution is -2.27. The second-order valence-corrected chi connectivity index (χ2v) is 6.05. The van der Waals surface area contributed by atoms with Gasteiger partial charge >= 0.3 is 0 Å². The number of pyridine rings is 1. The maximum Gasteiger partial charge on any atom is 0.259 e. The van der Waals surface area contributed by atoms with E-state index in [4.69, 9.17) is 4.74 Å². The van der Waals surface area contributed by atoms with Crippen molar-refractivity contribution in [1.29, 1.82) is 0 Å². The molecule has 3 aromatic rings. The Bertz CT molecular complexity index is 920. The van der Waals surface area contributed by atoms with Gasteiger partial charge in [0.25, 0.3) is 5.56 Å². The van der Waals surface area contributed by atoms with Gasteiger partial charge in [-0.25, -0.2) is 4.98 Å². The maximum atomic E-state index is 12.2. The molecule has 0 saturated heterocycles. The van der Waals surface area contributed by atoms with E-state index >= 15 is 0 Å². The normalized spacial score (nSPS) is 12.3. The van der Waals surface area contributed by atoms with Crippen LogP contribution in [0.3, 0.4) is 0 Å². The first-order valence-electron chi connectivity index (χ1n) is 8.11. The first-order chi connectivity index (χ1) is 12.1. The number of rotatable bonds is 6. The Balaban J connectivity index is 1.83. The molecule has 130 valence electrons. The van der Waals surface area contributed by atoms with Crippen molar-refractivity contribution in [2.75, 3.05) is 33.1 Å². The molecule has 0 fully saturated rings. The fraction of sp³-hybridized carbons (Fsp3) is 0.263. The van der Waals surface area contributed by atoms with E-state index in [-0.39, 0.29) is 11.6 Å². The van der Waals surface area contributed by atoms with Crippen LogP contribution in [0.2, 0.25) is 0 Å². The van der Waals surface area contributed by atoms with Crippen LogP contribution in [-0.2, 0) is 0 Å². The summed E-state index contributed by atoms with van der Waals surface area (Å²) in [6.07, 6.45) is 1.72. The lowest BCUT2D eigenvalue weighted by atomic mass is 10.1. The molecule has 1 aromatic carbocycles. The summed E-state index contributed by atoms with van der Waals surface area (Å²) < 4.78 is 6.84. The van der Waals surface area contributed by atoms with Gasteiger partial charge in [-0.1, -0.05) is 18.2 Å². The van der Waals surface area contributed by atoms with Crippen LogP contribution in [0.15, 0.2) is 59.5 Å². The smallest absolute Gasteiger partial charge is 0.259 e. The number of hydrogen-bond acceptors (Lipinski definition) is 5. The number of likely N-dealkylation sites (N-methyl/N-ethyl adjacent to an activating group) is 1. The quantitative estimate of drug-likeness (QED) is 0.748. The zero-order valence-electron chi connectivity index (χ0n) is 14.6. The number of nitrogens with zero attached hydrogens (tertiary/aromatic N) is 3. The van der Waals surface area contributed by atoms with Crippen LogP contribution in [0.5, 0.6) is 5.75 Å². The maximum absolute atomic E-state index is 12.2. The zero-order valence-corrected chi connectivity index (χ0v) is 14.6. The van der Waals surface area contributed by atoms with Crippen LogP contribution < -0.4 is 15.6 Å². The molecule has 0 amide bonds. The first-order valence-corrected chi connectivity index (χ1v) is 8.11. The Morgan fingerprint density at radius 1 is 1.20 bits per heavy atom. The van der Waals surface area contributed by atoms with Crippen LogP contribution in [0.25, 0.3) is 5.65 Å². The zero-order chi connectivity index (χ0) is 17.8. The molecule has 2 heterocycles. The molecule has 0 saturated carbocycles. The molecule has 0 aliphatic rings. The minimum Gasteiger partial charge on any atom is -0.497 e. The second kappa shape index (κ2) is 7.36. The molecule has 0 radical (unpaired) electrons. The van der Waals surface area contributed by atoms with E-state index in [1.54, 1.807) is 13.3 Å². The highest BCUT2D eigenvalue weighted by Gasteiger charge is 2.15. The number of nitrogens with one attached hydrogen (secondary N) is 1. The average molecular weight is 338 g/mol. The standard InChI is InChI=1S/C19H22N4O2/c1-22(2)16(14-7-6-8-15(11-14)25-3)13-20-17-12-19(24)23-10-5-4-9-18(23)21-17/h4-12,16,20H,13H2,1-3H3. The van der Waals surface area contributed by atoms with Crippen molar-refractivity contribution in [3.05, 3.63) is 70.6 Å². The highest BCUT2D eigenvalue weighted by Crippen LogP contribution is 2.23. The highest BCUT2D eigenvalue weighted by atomic mass is 16.5. The van der Waals surface area contributed by atoms with Crippen molar-refractivity contribution in [2.24, 2.45) is 0 Å². The first kappa shape index (κ1) is 17.0. The predicted molar refractivity (Wildman–Crippen MR) is 99.4 cm³/mol. The summed E-state index contributed by atoms with van der Waals surface area (Å²) >= 11 is 0. The summed E-state index contributed by atoms with van der Waals surface area (Å²) in [7, 11) is 5.71. The Morgan fingerprint density at radius 2 is 2.04 bits per heavy atom. The number of benzene rings is 1. The van der Waals surface area contributed by atoms with Gasteiger partial charge in [-0.3, -0.25) is 9.20 Å². The Kier molecular flexibility index (Phi) is 5.00. The third-order valence-corrected chi connectivity index (χ3v) is 4.15. The molecule has 0 spiro atoms. The minimum absolute atomic E-state index is 0.101. The number of fused-ring (bicyclic) bond motifs is 1. The largest absolute Gasteiger partial charge is 0.497 e. The molecule has 0 bridgehead atoms. The SMILES string of the molecule is COc1cccc(C(CNc2cc(=O)n3ccccc3n2)N(C)C)c1. The molecule has 6 nitrogen and oxygen atoms in total. The Hall–Kier alpha value is -2.86. The summed E-state index contributed by atoms with van der Waals surface area (Å²) in [4.78, 5) is 18.8. The van der Waals surface area contributed by atoms with Crippen LogP contribution in [-0.4, -0.2) is 42.0 Å². The number of methoxy groups -OCH3 is 1. The Labute approximate surface area is 146 Å². The third kappa shape index (κ3) is 3.80. The van der Waals surface area contributed by atoms with Gasteiger partial charge in [0.2, 0.25) is 0 Å². The molecular formula is C19H22N4O2. The molecule has 0 aliphatic carbocycles. The van der Waals surface area contributed by atoms with Crippen molar-refractivity contribution in [2.45, 2.75) is 6.04 Å². The topological polar surface area (TPSA) is 58.9 Å². The van der Waals surface area contributed by atoms with E-state index in [1.165, 1.54) is 10.5 Å². The summed E-state index contributed by atoms with van der Waals surface area (Å²) in [5, 5.41) is 3.29. The van der Waals surface area contributed by atoms with Gasteiger partial charge in [0, 0.05) is 18.8 Å². The molecule has 3 rings (SSSR count). The number of hydrogen-bond donors (Lipinski definition) is 1. The summed E-state index contributed by atoms with van der Waals surface area (Å²) in [6, 6.07) is 15.1. The molecule has 1 N–H and O–H groups in total. The van der Waals surface area contributed by atoms with Gasteiger partial charge in [-0.05, 0) is 43.9 Å². The summed E-state index contributed by atoms with van der Waals surface area (Å²) in [5.74, 6) is 1.40. The van der Waals surface area contributed by atoms with E-state index in [9.17, 15) is 4.79 Å². The highest BCUT2D eigenvalue weighted by molar-refractivity contribution is 5.46. The molecule has 6 heteroatoms. The summed E-state index contributed by atoms with van der Waals surface area (Å²) in [6.45, 7) is 0.621.